The largest absolute Gasteiger partial charge is 0.379 e. The van der Waals surface area contributed by atoms with Gasteiger partial charge < -0.3 is 10.1 Å². The molecule has 7 nitrogen and oxygen atoms in total. The number of sulfonamides is 1. The van der Waals surface area contributed by atoms with Crippen LogP contribution in [0.3, 0.4) is 0 Å². The maximum atomic E-state index is 12.4. The van der Waals surface area contributed by atoms with E-state index in [-0.39, 0.29) is 15.8 Å². The Labute approximate surface area is 169 Å². The molecule has 0 spiro atoms. The van der Waals surface area contributed by atoms with Crippen molar-refractivity contribution in [1.29, 1.82) is 0 Å². The molecule has 0 unspecified atom stereocenters. The fourth-order valence-corrected chi connectivity index (χ4v) is 4.16. The zero-order chi connectivity index (χ0) is 20.0. The molecule has 2 aromatic carbocycles. The van der Waals surface area contributed by atoms with Crippen molar-refractivity contribution in [1.82, 2.24) is 10.2 Å². The Morgan fingerprint density at radius 2 is 1.82 bits per heavy atom. The number of carbonyl (C=O) groups excluding carboxylic acids is 1. The van der Waals surface area contributed by atoms with E-state index in [1.165, 1.54) is 30.3 Å². The number of benzene rings is 2. The highest BCUT2D eigenvalue weighted by Gasteiger charge is 2.16. The molecular formula is C19H22ClN3O4S. The van der Waals surface area contributed by atoms with Crippen molar-refractivity contribution in [2.75, 3.05) is 44.1 Å². The van der Waals surface area contributed by atoms with Crippen molar-refractivity contribution in [3.05, 3.63) is 59.1 Å². The van der Waals surface area contributed by atoms with Crippen LogP contribution in [0.1, 0.15) is 10.4 Å². The van der Waals surface area contributed by atoms with Crippen LogP contribution in [-0.4, -0.2) is 58.6 Å². The number of carbonyl (C=O) groups is 1. The first kappa shape index (κ1) is 20.6. The lowest BCUT2D eigenvalue weighted by atomic mass is 10.2. The third-order valence-electron chi connectivity index (χ3n) is 4.34. The van der Waals surface area contributed by atoms with Gasteiger partial charge in [-0.1, -0.05) is 29.8 Å². The van der Waals surface area contributed by atoms with E-state index in [0.29, 0.717) is 31.0 Å². The number of hydrogen-bond donors (Lipinski definition) is 2. The number of nitrogens with one attached hydrogen (secondary N) is 2. The van der Waals surface area contributed by atoms with Gasteiger partial charge in [0.15, 0.2) is 0 Å². The van der Waals surface area contributed by atoms with Crippen molar-refractivity contribution >= 4 is 33.2 Å². The zero-order valence-corrected chi connectivity index (χ0v) is 16.8. The normalized spacial score (nSPS) is 15.2. The monoisotopic (exact) mass is 423 g/mol. The van der Waals surface area contributed by atoms with Crippen LogP contribution in [0.2, 0.25) is 5.02 Å². The molecule has 9 heteroatoms. The Hall–Kier alpha value is -2.13. The zero-order valence-electron chi connectivity index (χ0n) is 15.2. The fraction of sp³-hybridized carbons (Fsp3) is 0.316. The Bertz CT molecular complexity index is 916. The number of nitrogens with zero attached hydrogens (tertiary/aromatic N) is 1. The van der Waals surface area contributed by atoms with Gasteiger partial charge in [0.2, 0.25) is 0 Å². The molecule has 1 saturated heterocycles. The topological polar surface area (TPSA) is 87.7 Å². The highest BCUT2D eigenvalue weighted by molar-refractivity contribution is 7.92. The molecule has 0 bridgehead atoms. The predicted octanol–water partition coefficient (Wildman–Crippen LogP) is 2.20. The van der Waals surface area contributed by atoms with Gasteiger partial charge in [0.05, 0.1) is 34.4 Å². The van der Waals surface area contributed by atoms with Crippen molar-refractivity contribution < 1.29 is 17.9 Å². The summed E-state index contributed by atoms with van der Waals surface area (Å²) in [4.78, 5) is 14.7. The summed E-state index contributed by atoms with van der Waals surface area (Å²) >= 11 is 6.20. The van der Waals surface area contributed by atoms with Crippen molar-refractivity contribution in [2.45, 2.75) is 4.90 Å². The average Bonchev–Trinajstić information content (AvgIpc) is 2.69. The van der Waals surface area contributed by atoms with E-state index in [1.54, 1.807) is 18.2 Å². The van der Waals surface area contributed by atoms with Crippen LogP contribution in [0.5, 0.6) is 0 Å². The van der Waals surface area contributed by atoms with Crippen molar-refractivity contribution in [2.24, 2.45) is 0 Å². The number of halogens is 1. The predicted molar refractivity (Wildman–Crippen MR) is 108 cm³/mol. The third-order valence-corrected chi connectivity index (χ3v) is 6.05. The molecule has 0 aliphatic carbocycles. The van der Waals surface area contributed by atoms with Crippen LogP contribution in [0.25, 0.3) is 0 Å². The molecule has 2 aromatic rings. The minimum Gasteiger partial charge on any atom is -0.379 e. The summed E-state index contributed by atoms with van der Waals surface area (Å²) in [5.74, 6) is -0.296. The van der Waals surface area contributed by atoms with Crippen LogP contribution in [0.15, 0.2) is 53.4 Å². The van der Waals surface area contributed by atoms with Gasteiger partial charge in [-0.05, 0) is 30.3 Å². The fourth-order valence-electron chi connectivity index (χ4n) is 2.82. The number of hydrogen-bond acceptors (Lipinski definition) is 5. The van der Waals surface area contributed by atoms with Gasteiger partial charge in [0, 0.05) is 26.2 Å². The minimum atomic E-state index is -3.71. The van der Waals surface area contributed by atoms with Crippen LogP contribution in [0.4, 0.5) is 5.69 Å². The maximum Gasteiger partial charge on any atom is 0.261 e. The number of morpholine rings is 1. The number of anilines is 1. The van der Waals surface area contributed by atoms with E-state index in [0.717, 1.165) is 19.6 Å². The second kappa shape index (κ2) is 9.38. The summed E-state index contributed by atoms with van der Waals surface area (Å²) in [5.41, 5.74) is 0.588. The molecule has 1 fully saturated rings. The van der Waals surface area contributed by atoms with E-state index < -0.39 is 10.0 Å². The first-order valence-electron chi connectivity index (χ1n) is 8.91. The smallest absolute Gasteiger partial charge is 0.261 e. The molecule has 0 radical (unpaired) electrons. The summed E-state index contributed by atoms with van der Waals surface area (Å²) in [7, 11) is -3.71. The molecule has 0 saturated carbocycles. The summed E-state index contributed by atoms with van der Waals surface area (Å²) in [6.45, 7) is 4.36. The Balaban J connectivity index is 1.59. The molecule has 3 rings (SSSR count). The van der Waals surface area contributed by atoms with E-state index >= 15 is 0 Å². The minimum absolute atomic E-state index is 0.149. The van der Waals surface area contributed by atoms with Gasteiger partial charge in [-0.3, -0.25) is 14.4 Å². The van der Waals surface area contributed by atoms with Gasteiger partial charge in [-0.15, -0.1) is 0 Å². The van der Waals surface area contributed by atoms with Gasteiger partial charge >= 0.3 is 0 Å². The molecule has 1 aliphatic heterocycles. The second-order valence-corrected chi connectivity index (χ2v) is 8.41. The number of amides is 1. The van der Waals surface area contributed by atoms with Crippen LogP contribution >= 0.6 is 11.6 Å². The van der Waals surface area contributed by atoms with Gasteiger partial charge in [0.1, 0.15) is 0 Å². The average molecular weight is 424 g/mol. The van der Waals surface area contributed by atoms with E-state index in [4.69, 9.17) is 16.3 Å². The highest BCUT2D eigenvalue weighted by atomic mass is 35.5. The molecule has 1 amide bonds. The number of ether oxygens (including phenoxy) is 1. The Morgan fingerprint density at radius 3 is 2.50 bits per heavy atom. The molecule has 150 valence electrons. The first-order valence-corrected chi connectivity index (χ1v) is 10.8. The van der Waals surface area contributed by atoms with E-state index in [1.807, 2.05) is 0 Å². The first-order chi connectivity index (χ1) is 13.5. The van der Waals surface area contributed by atoms with Crippen LogP contribution < -0.4 is 10.0 Å². The van der Waals surface area contributed by atoms with Gasteiger partial charge in [-0.25, -0.2) is 8.42 Å². The Morgan fingerprint density at radius 1 is 1.11 bits per heavy atom. The van der Waals surface area contributed by atoms with Crippen LogP contribution in [0, 0.1) is 0 Å². The second-order valence-electron chi connectivity index (χ2n) is 6.32. The van der Waals surface area contributed by atoms with Crippen LogP contribution in [-0.2, 0) is 14.8 Å². The quantitative estimate of drug-likeness (QED) is 0.712. The van der Waals surface area contributed by atoms with Gasteiger partial charge in [-0.2, -0.15) is 0 Å². The molecule has 1 heterocycles. The third kappa shape index (κ3) is 5.45. The van der Waals surface area contributed by atoms with Crippen molar-refractivity contribution in [3.63, 3.8) is 0 Å². The summed E-state index contributed by atoms with van der Waals surface area (Å²) < 4.78 is 32.5. The maximum absolute atomic E-state index is 12.4. The van der Waals surface area contributed by atoms with E-state index in [2.05, 4.69) is 14.9 Å². The molecule has 1 aliphatic rings. The summed E-state index contributed by atoms with van der Waals surface area (Å²) in [6.07, 6.45) is 0. The standard InChI is InChI=1S/C19H22ClN3O4S/c20-18-14-15(22-28(25,26)16-4-2-1-3-5-16)6-7-17(18)19(24)21-8-9-23-10-12-27-13-11-23/h1-7,14,22H,8-13H2,(H,21,24). The molecule has 2 N–H and O–H groups in total. The number of rotatable bonds is 7. The molecule has 0 atom stereocenters. The summed E-state index contributed by atoms with van der Waals surface area (Å²) in [5, 5.41) is 3.01. The molecule has 0 aromatic heterocycles. The Kier molecular flexibility index (Phi) is 6.90. The van der Waals surface area contributed by atoms with Crippen molar-refractivity contribution in [3.8, 4) is 0 Å². The SMILES string of the molecule is O=C(NCCN1CCOCC1)c1ccc(NS(=O)(=O)c2ccccc2)cc1Cl. The molecule has 28 heavy (non-hydrogen) atoms. The highest BCUT2D eigenvalue weighted by Crippen LogP contribution is 2.23. The molecular weight excluding hydrogens is 402 g/mol. The van der Waals surface area contributed by atoms with Gasteiger partial charge in [0.25, 0.3) is 15.9 Å². The lowest BCUT2D eigenvalue weighted by Gasteiger charge is -2.26. The summed E-state index contributed by atoms with van der Waals surface area (Å²) in [6, 6.07) is 12.5. The lowest BCUT2D eigenvalue weighted by Crippen LogP contribution is -2.41. The van der Waals surface area contributed by atoms with E-state index in [9.17, 15) is 13.2 Å². The lowest BCUT2D eigenvalue weighted by molar-refractivity contribution is 0.0383.